The molecule has 2 aromatic rings. The maximum atomic E-state index is 12.3. The standard InChI is InChI=1S/C15H18N4O3S/c1-9(23-15-18-17-10(2)19(15)3)14(20)16-11-4-5-12-13(8-11)22-7-6-21-12/h4-5,8-9H,6-7H2,1-3H3,(H,16,20)/t9-/m1/s1. The Hall–Kier alpha value is -2.22. The molecule has 0 saturated carbocycles. The number of rotatable bonds is 4. The normalized spacial score (nSPS) is 14.4. The van der Waals surface area contributed by atoms with Crippen molar-refractivity contribution in [3.05, 3.63) is 24.0 Å². The molecule has 2 heterocycles. The van der Waals surface area contributed by atoms with Gasteiger partial charge in [0.05, 0.1) is 5.25 Å². The van der Waals surface area contributed by atoms with E-state index < -0.39 is 0 Å². The van der Waals surface area contributed by atoms with Crippen molar-refractivity contribution in [2.75, 3.05) is 18.5 Å². The van der Waals surface area contributed by atoms with E-state index in [0.717, 1.165) is 5.82 Å². The molecule has 23 heavy (non-hydrogen) atoms. The fraction of sp³-hybridized carbons (Fsp3) is 0.400. The summed E-state index contributed by atoms with van der Waals surface area (Å²) in [5, 5.41) is 11.4. The van der Waals surface area contributed by atoms with Gasteiger partial charge in [-0.3, -0.25) is 4.79 Å². The molecule has 1 aliphatic rings. The van der Waals surface area contributed by atoms with Crippen LogP contribution in [0, 0.1) is 6.92 Å². The van der Waals surface area contributed by atoms with E-state index >= 15 is 0 Å². The summed E-state index contributed by atoms with van der Waals surface area (Å²) in [6, 6.07) is 5.37. The molecule has 1 aromatic carbocycles. The van der Waals surface area contributed by atoms with Crippen molar-refractivity contribution in [2.24, 2.45) is 7.05 Å². The summed E-state index contributed by atoms with van der Waals surface area (Å²) >= 11 is 1.37. The molecule has 1 amide bonds. The molecule has 1 atom stereocenters. The summed E-state index contributed by atoms with van der Waals surface area (Å²) in [5.74, 6) is 2.06. The molecule has 1 N–H and O–H groups in total. The summed E-state index contributed by atoms with van der Waals surface area (Å²) < 4.78 is 12.8. The molecule has 0 saturated heterocycles. The molecule has 0 radical (unpaired) electrons. The van der Waals surface area contributed by atoms with Gasteiger partial charge in [-0.05, 0) is 26.0 Å². The molecule has 122 valence electrons. The van der Waals surface area contributed by atoms with Gasteiger partial charge in [-0.15, -0.1) is 10.2 Å². The Balaban J connectivity index is 1.65. The number of hydrogen-bond donors (Lipinski definition) is 1. The number of nitrogens with one attached hydrogen (secondary N) is 1. The van der Waals surface area contributed by atoms with Gasteiger partial charge in [0.15, 0.2) is 16.7 Å². The van der Waals surface area contributed by atoms with Crippen molar-refractivity contribution < 1.29 is 14.3 Å². The summed E-state index contributed by atoms with van der Waals surface area (Å²) in [7, 11) is 1.88. The van der Waals surface area contributed by atoms with E-state index in [9.17, 15) is 4.79 Å². The van der Waals surface area contributed by atoms with Crippen LogP contribution in [-0.2, 0) is 11.8 Å². The van der Waals surface area contributed by atoms with Gasteiger partial charge in [0, 0.05) is 18.8 Å². The van der Waals surface area contributed by atoms with Crippen molar-refractivity contribution >= 4 is 23.4 Å². The second kappa shape index (κ2) is 6.49. The first-order valence-corrected chi connectivity index (χ1v) is 8.15. The topological polar surface area (TPSA) is 78.3 Å². The molecular formula is C15H18N4O3S. The van der Waals surface area contributed by atoms with Crippen LogP contribution in [-0.4, -0.2) is 39.1 Å². The Morgan fingerprint density at radius 2 is 2.04 bits per heavy atom. The highest BCUT2D eigenvalue weighted by Crippen LogP contribution is 2.33. The number of aromatic nitrogens is 3. The highest BCUT2D eigenvalue weighted by Gasteiger charge is 2.19. The summed E-state index contributed by atoms with van der Waals surface area (Å²) in [6.07, 6.45) is 0. The van der Waals surface area contributed by atoms with Crippen molar-refractivity contribution in [3.8, 4) is 11.5 Å². The van der Waals surface area contributed by atoms with Crippen LogP contribution < -0.4 is 14.8 Å². The Labute approximate surface area is 138 Å². The molecule has 0 aliphatic carbocycles. The minimum Gasteiger partial charge on any atom is -0.486 e. The molecule has 0 unspecified atom stereocenters. The van der Waals surface area contributed by atoms with E-state index in [2.05, 4.69) is 15.5 Å². The summed E-state index contributed by atoms with van der Waals surface area (Å²) in [6.45, 7) is 4.77. The summed E-state index contributed by atoms with van der Waals surface area (Å²) in [4.78, 5) is 12.3. The van der Waals surface area contributed by atoms with Gasteiger partial charge in [0.25, 0.3) is 0 Å². The number of amides is 1. The molecule has 3 rings (SSSR count). The third-order valence-corrected chi connectivity index (χ3v) is 4.65. The molecule has 1 aliphatic heterocycles. The van der Waals surface area contributed by atoms with Crippen LogP contribution >= 0.6 is 11.8 Å². The van der Waals surface area contributed by atoms with Crippen molar-refractivity contribution in [3.63, 3.8) is 0 Å². The van der Waals surface area contributed by atoms with E-state index in [1.807, 2.05) is 25.5 Å². The van der Waals surface area contributed by atoms with E-state index in [1.165, 1.54) is 11.8 Å². The molecule has 0 spiro atoms. The first-order valence-electron chi connectivity index (χ1n) is 7.28. The van der Waals surface area contributed by atoms with Crippen molar-refractivity contribution in [2.45, 2.75) is 24.3 Å². The van der Waals surface area contributed by atoms with Gasteiger partial charge in [0.2, 0.25) is 5.91 Å². The van der Waals surface area contributed by atoms with Crippen LogP contribution in [0.4, 0.5) is 5.69 Å². The Bertz CT molecular complexity index is 732. The number of thioether (sulfide) groups is 1. The zero-order valence-electron chi connectivity index (χ0n) is 13.2. The molecule has 7 nitrogen and oxygen atoms in total. The molecule has 0 bridgehead atoms. The first kappa shape index (κ1) is 15.7. The first-order chi connectivity index (χ1) is 11.0. The number of ether oxygens (including phenoxy) is 2. The maximum absolute atomic E-state index is 12.3. The lowest BCUT2D eigenvalue weighted by atomic mass is 10.2. The van der Waals surface area contributed by atoms with E-state index in [4.69, 9.17) is 9.47 Å². The minimum atomic E-state index is -0.300. The lowest BCUT2D eigenvalue weighted by molar-refractivity contribution is -0.115. The third kappa shape index (κ3) is 3.42. The monoisotopic (exact) mass is 334 g/mol. The van der Waals surface area contributed by atoms with E-state index in [-0.39, 0.29) is 11.2 Å². The second-order valence-electron chi connectivity index (χ2n) is 5.20. The quantitative estimate of drug-likeness (QED) is 0.862. The van der Waals surface area contributed by atoms with Crippen LogP contribution in [0.3, 0.4) is 0 Å². The fourth-order valence-electron chi connectivity index (χ4n) is 2.07. The van der Waals surface area contributed by atoms with Crippen LogP contribution in [0.2, 0.25) is 0 Å². The number of carbonyl (C=O) groups excluding carboxylic acids is 1. The second-order valence-corrected chi connectivity index (χ2v) is 6.50. The number of benzene rings is 1. The largest absolute Gasteiger partial charge is 0.486 e. The van der Waals surface area contributed by atoms with Gasteiger partial charge < -0.3 is 19.4 Å². The predicted molar refractivity (Wildman–Crippen MR) is 87.1 cm³/mol. The zero-order chi connectivity index (χ0) is 16.4. The predicted octanol–water partition coefficient (Wildman–Crippen LogP) is 2.01. The van der Waals surface area contributed by atoms with Gasteiger partial charge in [-0.25, -0.2) is 0 Å². The SMILES string of the molecule is Cc1nnc(S[C@H](C)C(=O)Nc2ccc3c(c2)OCCO3)n1C. The zero-order valence-corrected chi connectivity index (χ0v) is 14.0. The number of nitrogens with zero attached hydrogens (tertiary/aromatic N) is 3. The van der Waals surface area contributed by atoms with E-state index in [0.29, 0.717) is 35.6 Å². The lowest BCUT2D eigenvalue weighted by Gasteiger charge is -2.19. The Morgan fingerprint density at radius 1 is 1.30 bits per heavy atom. The molecular weight excluding hydrogens is 316 g/mol. The average Bonchev–Trinajstić information content (AvgIpc) is 2.86. The third-order valence-electron chi connectivity index (χ3n) is 3.51. The van der Waals surface area contributed by atoms with Crippen molar-refractivity contribution in [1.29, 1.82) is 0 Å². The fourth-order valence-corrected chi connectivity index (χ4v) is 2.93. The van der Waals surface area contributed by atoms with Crippen molar-refractivity contribution in [1.82, 2.24) is 14.8 Å². The number of carbonyl (C=O) groups is 1. The van der Waals surface area contributed by atoms with E-state index in [1.54, 1.807) is 18.2 Å². The number of fused-ring (bicyclic) bond motifs is 1. The van der Waals surface area contributed by atoms with Gasteiger partial charge >= 0.3 is 0 Å². The van der Waals surface area contributed by atoms with Crippen LogP contribution in [0.1, 0.15) is 12.7 Å². The maximum Gasteiger partial charge on any atom is 0.237 e. The van der Waals surface area contributed by atoms with Crippen LogP contribution in [0.25, 0.3) is 0 Å². The van der Waals surface area contributed by atoms with Crippen LogP contribution in [0.5, 0.6) is 11.5 Å². The smallest absolute Gasteiger partial charge is 0.237 e. The highest BCUT2D eigenvalue weighted by atomic mass is 32.2. The Morgan fingerprint density at radius 3 is 2.74 bits per heavy atom. The summed E-state index contributed by atoms with van der Waals surface area (Å²) in [5.41, 5.74) is 0.681. The minimum absolute atomic E-state index is 0.104. The highest BCUT2D eigenvalue weighted by molar-refractivity contribution is 8.00. The molecule has 0 fully saturated rings. The van der Waals surface area contributed by atoms with Gasteiger partial charge in [-0.2, -0.15) is 0 Å². The lowest BCUT2D eigenvalue weighted by Crippen LogP contribution is -2.23. The average molecular weight is 334 g/mol. The van der Waals surface area contributed by atoms with Crippen LogP contribution in [0.15, 0.2) is 23.4 Å². The van der Waals surface area contributed by atoms with Gasteiger partial charge in [0.1, 0.15) is 19.0 Å². The van der Waals surface area contributed by atoms with Gasteiger partial charge in [-0.1, -0.05) is 11.8 Å². The molecule has 8 heteroatoms. The Kier molecular flexibility index (Phi) is 4.42. The molecule has 1 aromatic heterocycles. The number of anilines is 1. The number of hydrogen-bond acceptors (Lipinski definition) is 6. The number of aryl methyl sites for hydroxylation is 1.